The van der Waals surface area contributed by atoms with E-state index in [0.717, 1.165) is 33.0 Å². The number of hydrogen-bond donors (Lipinski definition) is 2. The van der Waals surface area contributed by atoms with Gasteiger partial charge in [0.25, 0.3) is 0 Å². The molecule has 0 spiro atoms. The van der Waals surface area contributed by atoms with Crippen molar-refractivity contribution < 1.29 is 5.21 Å². The molecule has 0 bridgehead atoms. The molecule has 3 rings (SSSR count). The molecule has 0 aliphatic heterocycles. The molecule has 0 aliphatic carbocycles. The molecule has 3 aromatic rings. The van der Waals surface area contributed by atoms with Gasteiger partial charge in [-0.25, -0.2) is 0 Å². The molecule has 0 unspecified atom stereocenters. The van der Waals surface area contributed by atoms with Crippen LogP contribution in [0, 0.1) is 0 Å². The van der Waals surface area contributed by atoms with Gasteiger partial charge in [0.1, 0.15) is 0 Å². The average Bonchev–Trinajstić information content (AvgIpc) is 2.55. The first-order valence-corrected chi connectivity index (χ1v) is 7.44. The molecule has 0 saturated carbocycles. The fourth-order valence-corrected chi connectivity index (χ4v) is 2.72. The van der Waals surface area contributed by atoms with E-state index < -0.39 is 0 Å². The molecule has 0 radical (unpaired) electrons. The van der Waals surface area contributed by atoms with Crippen LogP contribution in [0.1, 0.15) is 25.0 Å². The third kappa shape index (κ3) is 2.94. The molecular formula is C19H19N3O. The number of benzene rings is 2. The number of fused-ring (bicyclic) bond motifs is 1. The van der Waals surface area contributed by atoms with E-state index in [9.17, 15) is 0 Å². The van der Waals surface area contributed by atoms with Gasteiger partial charge in [-0.3, -0.25) is 4.98 Å². The summed E-state index contributed by atoms with van der Waals surface area (Å²) in [5, 5.41) is 14.3. The standard InChI is InChI=1S/C19H19N3O/c1-19(2,20)15-6-3-13(4-7-15)16-8-5-14-11-21-10-9-17(14)18(16)12-22-23/h3-12,23H,20H2,1-2H3. The van der Waals surface area contributed by atoms with E-state index in [4.69, 9.17) is 10.9 Å². The Bertz CT molecular complexity index is 862. The maximum Gasteiger partial charge on any atom is 0.0746 e. The summed E-state index contributed by atoms with van der Waals surface area (Å²) in [7, 11) is 0. The SMILES string of the molecule is CC(C)(N)c1ccc(-c2ccc3cnccc3c2C=NO)cc1. The van der Waals surface area contributed by atoms with Gasteiger partial charge in [0.05, 0.1) is 6.21 Å². The molecule has 1 heterocycles. The van der Waals surface area contributed by atoms with Crippen molar-refractivity contribution in [3.05, 3.63) is 66.0 Å². The van der Waals surface area contributed by atoms with Gasteiger partial charge < -0.3 is 10.9 Å². The Morgan fingerprint density at radius 2 is 1.83 bits per heavy atom. The second kappa shape index (κ2) is 5.82. The lowest BCUT2D eigenvalue weighted by Gasteiger charge is -2.19. The number of aromatic nitrogens is 1. The number of pyridine rings is 1. The van der Waals surface area contributed by atoms with Gasteiger partial charge in [0.2, 0.25) is 0 Å². The fraction of sp³-hybridized carbons (Fsp3) is 0.158. The molecule has 116 valence electrons. The highest BCUT2D eigenvalue weighted by atomic mass is 16.4. The second-order valence-corrected chi connectivity index (χ2v) is 6.17. The Morgan fingerprint density at radius 1 is 1.09 bits per heavy atom. The van der Waals surface area contributed by atoms with E-state index in [-0.39, 0.29) is 5.54 Å². The molecule has 4 heteroatoms. The van der Waals surface area contributed by atoms with Crippen molar-refractivity contribution in [2.75, 3.05) is 0 Å². The van der Waals surface area contributed by atoms with Gasteiger partial charge in [0, 0.05) is 28.9 Å². The molecule has 0 aliphatic rings. The van der Waals surface area contributed by atoms with Gasteiger partial charge in [-0.2, -0.15) is 0 Å². The summed E-state index contributed by atoms with van der Waals surface area (Å²) in [5.41, 5.74) is 9.76. The highest BCUT2D eigenvalue weighted by molar-refractivity contribution is 6.05. The number of rotatable bonds is 3. The Kier molecular flexibility index (Phi) is 3.84. The summed E-state index contributed by atoms with van der Waals surface area (Å²) in [5.74, 6) is 0. The van der Waals surface area contributed by atoms with E-state index in [1.165, 1.54) is 6.21 Å². The van der Waals surface area contributed by atoms with Crippen LogP contribution in [0.3, 0.4) is 0 Å². The smallest absolute Gasteiger partial charge is 0.0746 e. The van der Waals surface area contributed by atoms with Crippen LogP contribution in [0.4, 0.5) is 0 Å². The molecule has 3 N–H and O–H groups in total. The highest BCUT2D eigenvalue weighted by Gasteiger charge is 2.14. The second-order valence-electron chi connectivity index (χ2n) is 6.17. The Balaban J connectivity index is 2.18. The zero-order chi connectivity index (χ0) is 16.4. The van der Waals surface area contributed by atoms with Gasteiger partial charge in [-0.15, -0.1) is 0 Å². The summed E-state index contributed by atoms with van der Waals surface area (Å²) in [6.07, 6.45) is 5.01. The van der Waals surface area contributed by atoms with Crippen molar-refractivity contribution in [1.82, 2.24) is 4.98 Å². The van der Waals surface area contributed by atoms with E-state index >= 15 is 0 Å². The lowest BCUT2D eigenvalue weighted by molar-refractivity contribution is 0.322. The Hall–Kier alpha value is -2.72. The monoisotopic (exact) mass is 305 g/mol. The Morgan fingerprint density at radius 3 is 2.48 bits per heavy atom. The van der Waals surface area contributed by atoms with Crippen molar-refractivity contribution >= 4 is 17.0 Å². The minimum Gasteiger partial charge on any atom is -0.411 e. The quantitative estimate of drug-likeness (QED) is 0.438. The third-order valence-electron chi connectivity index (χ3n) is 3.99. The summed E-state index contributed by atoms with van der Waals surface area (Å²) >= 11 is 0. The normalized spacial score (nSPS) is 12.1. The lowest BCUT2D eigenvalue weighted by atomic mass is 9.91. The fourth-order valence-electron chi connectivity index (χ4n) is 2.72. The summed E-state index contributed by atoms with van der Waals surface area (Å²) < 4.78 is 0. The van der Waals surface area contributed by atoms with Gasteiger partial charge in [0.15, 0.2) is 0 Å². The zero-order valence-electron chi connectivity index (χ0n) is 13.2. The molecule has 4 nitrogen and oxygen atoms in total. The van der Waals surface area contributed by atoms with Gasteiger partial charge in [-0.1, -0.05) is 41.6 Å². The molecule has 1 aromatic heterocycles. The molecule has 2 aromatic carbocycles. The van der Waals surface area contributed by atoms with Crippen LogP contribution < -0.4 is 5.73 Å². The molecular weight excluding hydrogens is 286 g/mol. The van der Waals surface area contributed by atoms with Gasteiger partial charge in [-0.05, 0) is 42.0 Å². The number of oxime groups is 1. The predicted octanol–water partition coefficient (Wildman–Crippen LogP) is 3.90. The number of nitrogens with two attached hydrogens (primary N) is 1. The predicted molar refractivity (Wildman–Crippen MR) is 93.8 cm³/mol. The maximum absolute atomic E-state index is 9.04. The highest BCUT2D eigenvalue weighted by Crippen LogP contribution is 2.30. The van der Waals surface area contributed by atoms with Crippen LogP contribution in [0.25, 0.3) is 21.9 Å². The van der Waals surface area contributed by atoms with E-state index in [1.807, 2.05) is 56.3 Å². The van der Waals surface area contributed by atoms with Crippen LogP contribution in [-0.2, 0) is 5.54 Å². The first-order chi connectivity index (χ1) is 11.0. The van der Waals surface area contributed by atoms with Crippen LogP contribution in [0.5, 0.6) is 0 Å². The minimum absolute atomic E-state index is 0.372. The van der Waals surface area contributed by atoms with Crippen molar-refractivity contribution in [3.63, 3.8) is 0 Å². The summed E-state index contributed by atoms with van der Waals surface area (Å²) in [4.78, 5) is 4.13. The van der Waals surface area contributed by atoms with Crippen molar-refractivity contribution in [1.29, 1.82) is 0 Å². The first kappa shape index (κ1) is 15.2. The van der Waals surface area contributed by atoms with E-state index in [1.54, 1.807) is 12.4 Å². The van der Waals surface area contributed by atoms with Crippen LogP contribution in [0.15, 0.2) is 60.0 Å². The maximum atomic E-state index is 9.04. The third-order valence-corrected chi connectivity index (χ3v) is 3.99. The zero-order valence-corrected chi connectivity index (χ0v) is 13.2. The number of nitrogens with zero attached hydrogens (tertiary/aromatic N) is 2. The molecule has 0 amide bonds. The van der Waals surface area contributed by atoms with E-state index in [0.29, 0.717) is 0 Å². The first-order valence-electron chi connectivity index (χ1n) is 7.44. The molecule has 0 atom stereocenters. The van der Waals surface area contributed by atoms with Crippen molar-refractivity contribution in [3.8, 4) is 11.1 Å². The molecule has 0 fully saturated rings. The average molecular weight is 305 g/mol. The Labute approximate surface area is 135 Å². The van der Waals surface area contributed by atoms with Crippen molar-refractivity contribution in [2.45, 2.75) is 19.4 Å². The van der Waals surface area contributed by atoms with Crippen LogP contribution in [0.2, 0.25) is 0 Å². The lowest BCUT2D eigenvalue weighted by Crippen LogP contribution is -2.28. The molecule has 23 heavy (non-hydrogen) atoms. The number of hydrogen-bond acceptors (Lipinski definition) is 4. The topological polar surface area (TPSA) is 71.5 Å². The van der Waals surface area contributed by atoms with Crippen molar-refractivity contribution in [2.24, 2.45) is 10.9 Å². The largest absolute Gasteiger partial charge is 0.411 e. The summed E-state index contributed by atoms with van der Waals surface area (Å²) in [6.45, 7) is 3.96. The summed E-state index contributed by atoms with van der Waals surface area (Å²) in [6, 6.07) is 14.1. The minimum atomic E-state index is -0.372. The van der Waals surface area contributed by atoms with Crippen LogP contribution in [-0.4, -0.2) is 16.4 Å². The molecule has 0 saturated heterocycles. The van der Waals surface area contributed by atoms with Crippen LogP contribution >= 0.6 is 0 Å². The van der Waals surface area contributed by atoms with E-state index in [2.05, 4.69) is 10.1 Å². The van der Waals surface area contributed by atoms with Gasteiger partial charge >= 0.3 is 0 Å².